The molecule has 2 aromatic carbocycles. The highest BCUT2D eigenvalue weighted by Crippen LogP contribution is 2.17. The number of hydrogen-bond donors (Lipinski definition) is 2. The van der Waals surface area contributed by atoms with Crippen molar-refractivity contribution in [2.45, 2.75) is 25.3 Å². The molecule has 0 spiro atoms. The number of likely N-dealkylation sites (tertiary alicyclic amines) is 1. The lowest BCUT2D eigenvalue weighted by Crippen LogP contribution is -2.50. The van der Waals surface area contributed by atoms with Crippen molar-refractivity contribution < 1.29 is 9.59 Å². The van der Waals surface area contributed by atoms with Crippen LogP contribution in [0.1, 0.15) is 28.8 Å². The quantitative estimate of drug-likeness (QED) is 0.824. The van der Waals surface area contributed by atoms with Crippen molar-refractivity contribution in [3.63, 3.8) is 0 Å². The van der Waals surface area contributed by atoms with Gasteiger partial charge in [-0.3, -0.25) is 9.59 Å². The molecule has 0 bridgehead atoms. The van der Waals surface area contributed by atoms with E-state index in [0.29, 0.717) is 25.1 Å². The van der Waals surface area contributed by atoms with Crippen LogP contribution in [-0.2, 0) is 11.2 Å². The fourth-order valence-corrected chi connectivity index (χ4v) is 3.55. The molecule has 27 heavy (non-hydrogen) atoms. The van der Waals surface area contributed by atoms with E-state index in [1.165, 1.54) is 0 Å². The fraction of sp³-hybridized carbons (Fsp3) is 0.364. The summed E-state index contributed by atoms with van der Waals surface area (Å²) in [5.41, 5.74) is 7.89. The maximum Gasteiger partial charge on any atom is 0.251 e. The van der Waals surface area contributed by atoms with Gasteiger partial charge in [-0.05, 0) is 42.9 Å². The first kappa shape index (κ1) is 19.1. The zero-order chi connectivity index (χ0) is 19.1. The Kier molecular flexibility index (Phi) is 6.60. The van der Waals surface area contributed by atoms with Crippen LogP contribution in [0.5, 0.6) is 0 Å². The molecule has 1 unspecified atom stereocenters. The van der Waals surface area contributed by atoms with Crippen molar-refractivity contribution >= 4 is 11.8 Å². The van der Waals surface area contributed by atoms with Crippen LogP contribution in [0.15, 0.2) is 60.7 Å². The van der Waals surface area contributed by atoms with Crippen molar-refractivity contribution in [3.8, 4) is 0 Å². The summed E-state index contributed by atoms with van der Waals surface area (Å²) in [7, 11) is 0. The molecule has 0 aliphatic carbocycles. The summed E-state index contributed by atoms with van der Waals surface area (Å²) in [6, 6.07) is 18.5. The van der Waals surface area contributed by atoms with Gasteiger partial charge in [0.05, 0.1) is 6.04 Å². The van der Waals surface area contributed by atoms with Crippen molar-refractivity contribution in [2.24, 2.45) is 11.7 Å². The molecule has 142 valence electrons. The molecule has 0 saturated carbocycles. The van der Waals surface area contributed by atoms with Crippen LogP contribution in [0.4, 0.5) is 0 Å². The third kappa shape index (κ3) is 5.41. The molecule has 1 aliphatic heterocycles. The van der Waals surface area contributed by atoms with E-state index in [-0.39, 0.29) is 17.7 Å². The minimum absolute atomic E-state index is 0.00191. The zero-order valence-corrected chi connectivity index (χ0v) is 15.5. The second-order valence-electron chi connectivity index (χ2n) is 7.16. The molecule has 1 heterocycles. The highest BCUT2D eigenvalue weighted by molar-refractivity contribution is 5.94. The van der Waals surface area contributed by atoms with Crippen molar-refractivity contribution in [3.05, 3.63) is 71.8 Å². The summed E-state index contributed by atoms with van der Waals surface area (Å²) in [4.78, 5) is 26.8. The maximum atomic E-state index is 12.7. The number of piperidine rings is 1. The number of carbonyl (C=O) groups is 2. The minimum Gasteiger partial charge on any atom is -0.352 e. The molecule has 2 atom stereocenters. The molecular formula is C22H27N3O2. The number of nitrogens with two attached hydrogens (primary N) is 1. The molecule has 3 N–H and O–H groups in total. The van der Waals surface area contributed by atoms with Crippen molar-refractivity contribution in [1.29, 1.82) is 0 Å². The van der Waals surface area contributed by atoms with Crippen LogP contribution in [0.25, 0.3) is 0 Å². The number of hydrogen-bond acceptors (Lipinski definition) is 3. The summed E-state index contributed by atoms with van der Waals surface area (Å²) in [6.45, 7) is 1.96. The number of amides is 2. The molecule has 1 saturated heterocycles. The Balaban J connectivity index is 1.49. The van der Waals surface area contributed by atoms with Gasteiger partial charge >= 0.3 is 0 Å². The first-order chi connectivity index (χ1) is 13.1. The van der Waals surface area contributed by atoms with E-state index in [9.17, 15) is 9.59 Å². The van der Waals surface area contributed by atoms with Crippen LogP contribution in [0, 0.1) is 5.92 Å². The van der Waals surface area contributed by atoms with Gasteiger partial charge in [0, 0.05) is 25.2 Å². The molecule has 5 nitrogen and oxygen atoms in total. The molecule has 1 aliphatic rings. The Morgan fingerprint density at radius 1 is 1.07 bits per heavy atom. The van der Waals surface area contributed by atoms with E-state index in [1.807, 2.05) is 53.4 Å². The van der Waals surface area contributed by atoms with Crippen LogP contribution in [-0.4, -0.2) is 42.4 Å². The lowest BCUT2D eigenvalue weighted by Gasteiger charge is -2.34. The molecule has 1 fully saturated rings. The number of nitrogens with zero attached hydrogens (tertiary/aromatic N) is 1. The number of carbonyl (C=O) groups excluding carboxylic acids is 2. The molecule has 0 radical (unpaired) electrons. The summed E-state index contributed by atoms with van der Waals surface area (Å²) in [5.74, 6) is 0.192. The van der Waals surface area contributed by atoms with Crippen molar-refractivity contribution in [2.75, 3.05) is 19.6 Å². The lowest BCUT2D eigenvalue weighted by molar-refractivity contribution is -0.134. The third-order valence-electron chi connectivity index (χ3n) is 5.03. The van der Waals surface area contributed by atoms with Gasteiger partial charge in [-0.25, -0.2) is 0 Å². The van der Waals surface area contributed by atoms with Crippen LogP contribution in [0.3, 0.4) is 0 Å². The SMILES string of the molecule is N[C@@H](Cc1ccccc1)C(=O)N1CCCC(CNC(=O)c2ccccc2)C1. The summed E-state index contributed by atoms with van der Waals surface area (Å²) >= 11 is 0. The Bertz CT molecular complexity index is 749. The van der Waals surface area contributed by atoms with Gasteiger partial charge in [-0.15, -0.1) is 0 Å². The average Bonchev–Trinajstić information content (AvgIpc) is 2.73. The molecule has 2 aromatic rings. The van der Waals surface area contributed by atoms with E-state index in [0.717, 1.165) is 24.9 Å². The van der Waals surface area contributed by atoms with E-state index in [1.54, 1.807) is 12.1 Å². The average molecular weight is 365 g/mol. The van der Waals surface area contributed by atoms with Gasteiger partial charge in [0.1, 0.15) is 0 Å². The molecular weight excluding hydrogens is 338 g/mol. The summed E-state index contributed by atoms with van der Waals surface area (Å²) in [5, 5.41) is 2.99. The van der Waals surface area contributed by atoms with E-state index >= 15 is 0 Å². The Hall–Kier alpha value is -2.66. The maximum absolute atomic E-state index is 12.7. The fourth-order valence-electron chi connectivity index (χ4n) is 3.55. The highest BCUT2D eigenvalue weighted by atomic mass is 16.2. The predicted molar refractivity (Wildman–Crippen MR) is 106 cm³/mol. The number of rotatable bonds is 6. The largest absolute Gasteiger partial charge is 0.352 e. The Labute approximate surface area is 160 Å². The Morgan fingerprint density at radius 2 is 1.74 bits per heavy atom. The van der Waals surface area contributed by atoms with E-state index in [2.05, 4.69) is 5.32 Å². The van der Waals surface area contributed by atoms with Gasteiger partial charge < -0.3 is 16.0 Å². The standard InChI is InChI=1S/C22H27N3O2/c23-20(14-17-8-3-1-4-9-17)22(27)25-13-7-10-18(16-25)15-24-21(26)19-11-5-2-6-12-19/h1-6,8-9,11-12,18,20H,7,10,13-16,23H2,(H,24,26)/t18?,20-/m0/s1. The van der Waals surface area contributed by atoms with Crippen LogP contribution >= 0.6 is 0 Å². The van der Waals surface area contributed by atoms with Gasteiger partial charge in [0.25, 0.3) is 5.91 Å². The topological polar surface area (TPSA) is 75.4 Å². The number of benzene rings is 2. The van der Waals surface area contributed by atoms with E-state index < -0.39 is 6.04 Å². The summed E-state index contributed by atoms with van der Waals surface area (Å²) in [6.07, 6.45) is 2.49. The molecule has 5 heteroatoms. The monoisotopic (exact) mass is 365 g/mol. The van der Waals surface area contributed by atoms with Gasteiger partial charge in [-0.2, -0.15) is 0 Å². The normalized spacial score (nSPS) is 18.0. The minimum atomic E-state index is -0.523. The summed E-state index contributed by atoms with van der Waals surface area (Å²) < 4.78 is 0. The lowest BCUT2D eigenvalue weighted by atomic mass is 9.96. The van der Waals surface area contributed by atoms with E-state index in [4.69, 9.17) is 5.73 Å². The van der Waals surface area contributed by atoms with Gasteiger partial charge in [0.2, 0.25) is 5.91 Å². The van der Waals surface area contributed by atoms with Crippen molar-refractivity contribution in [1.82, 2.24) is 10.2 Å². The first-order valence-corrected chi connectivity index (χ1v) is 9.55. The van der Waals surface area contributed by atoms with Gasteiger partial charge in [-0.1, -0.05) is 48.5 Å². The predicted octanol–water partition coefficient (Wildman–Crippen LogP) is 2.22. The molecule has 0 aromatic heterocycles. The number of nitrogens with one attached hydrogen (secondary N) is 1. The Morgan fingerprint density at radius 3 is 2.44 bits per heavy atom. The smallest absolute Gasteiger partial charge is 0.251 e. The van der Waals surface area contributed by atoms with Crippen LogP contribution < -0.4 is 11.1 Å². The molecule has 3 rings (SSSR count). The molecule has 2 amide bonds. The first-order valence-electron chi connectivity index (χ1n) is 9.55. The highest BCUT2D eigenvalue weighted by Gasteiger charge is 2.27. The van der Waals surface area contributed by atoms with Crippen LogP contribution in [0.2, 0.25) is 0 Å². The van der Waals surface area contributed by atoms with Gasteiger partial charge in [0.15, 0.2) is 0 Å². The zero-order valence-electron chi connectivity index (χ0n) is 15.5. The second kappa shape index (κ2) is 9.33. The third-order valence-corrected chi connectivity index (χ3v) is 5.03. The second-order valence-corrected chi connectivity index (χ2v) is 7.16.